The quantitative estimate of drug-likeness (QED) is 0.741. The minimum absolute atomic E-state index is 0.0210. The summed E-state index contributed by atoms with van der Waals surface area (Å²) in [6.45, 7) is 3.47. The summed E-state index contributed by atoms with van der Waals surface area (Å²) in [6.07, 6.45) is 1.14. The molecule has 1 aromatic rings. The first-order valence-electron chi connectivity index (χ1n) is 5.32. The van der Waals surface area contributed by atoms with E-state index in [2.05, 4.69) is 10.3 Å². The number of amides is 1. The molecular formula is C11H15N3O2. The molecule has 1 aliphatic rings. The number of anilines is 1. The fourth-order valence-electron chi connectivity index (χ4n) is 1.67. The van der Waals surface area contributed by atoms with Crippen LogP contribution in [0.3, 0.4) is 0 Å². The van der Waals surface area contributed by atoms with Crippen molar-refractivity contribution < 1.29 is 9.90 Å². The number of pyridine rings is 1. The highest BCUT2D eigenvalue weighted by atomic mass is 16.3. The second-order valence-corrected chi connectivity index (χ2v) is 3.90. The molecule has 0 aliphatic carbocycles. The Morgan fingerprint density at radius 1 is 1.56 bits per heavy atom. The zero-order valence-corrected chi connectivity index (χ0v) is 9.18. The van der Waals surface area contributed by atoms with Crippen molar-refractivity contribution in [2.24, 2.45) is 0 Å². The number of aliphatic hydroxyl groups is 1. The standard InChI is InChI=1S/C11H15N3O2/c1-8(15)9-2-3-10(13-6-9)14-5-4-12-11(16)7-14/h2-3,6,8,15H,4-5,7H2,1H3,(H,12,16)/t8-/m1/s1. The summed E-state index contributed by atoms with van der Waals surface area (Å²) in [6, 6.07) is 3.67. The number of piperazine rings is 1. The number of carbonyl (C=O) groups excluding carboxylic acids is 1. The van der Waals surface area contributed by atoms with Gasteiger partial charge in [-0.1, -0.05) is 6.07 Å². The molecule has 1 aromatic heterocycles. The minimum atomic E-state index is -0.508. The van der Waals surface area contributed by atoms with Crippen molar-refractivity contribution in [3.05, 3.63) is 23.9 Å². The highest BCUT2D eigenvalue weighted by Gasteiger charge is 2.17. The molecule has 2 rings (SSSR count). The van der Waals surface area contributed by atoms with E-state index in [-0.39, 0.29) is 5.91 Å². The third kappa shape index (κ3) is 2.30. The van der Waals surface area contributed by atoms with Crippen LogP contribution in [-0.2, 0) is 4.79 Å². The monoisotopic (exact) mass is 221 g/mol. The van der Waals surface area contributed by atoms with Gasteiger partial charge in [0.15, 0.2) is 0 Å². The van der Waals surface area contributed by atoms with Crippen molar-refractivity contribution in [3.8, 4) is 0 Å². The SMILES string of the molecule is C[C@@H](O)c1ccc(N2CCNC(=O)C2)nc1. The Morgan fingerprint density at radius 3 is 2.94 bits per heavy atom. The Morgan fingerprint density at radius 2 is 2.38 bits per heavy atom. The van der Waals surface area contributed by atoms with Crippen LogP contribution in [0.4, 0.5) is 5.82 Å². The predicted molar refractivity (Wildman–Crippen MR) is 60.1 cm³/mol. The molecule has 5 nitrogen and oxygen atoms in total. The van der Waals surface area contributed by atoms with Gasteiger partial charge in [0.1, 0.15) is 5.82 Å². The Labute approximate surface area is 94.1 Å². The molecule has 86 valence electrons. The topological polar surface area (TPSA) is 65.5 Å². The summed E-state index contributed by atoms with van der Waals surface area (Å²) in [5.41, 5.74) is 0.783. The van der Waals surface area contributed by atoms with Gasteiger partial charge < -0.3 is 15.3 Å². The van der Waals surface area contributed by atoms with E-state index in [4.69, 9.17) is 0 Å². The maximum Gasteiger partial charge on any atom is 0.239 e. The third-order valence-electron chi connectivity index (χ3n) is 2.62. The molecule has 1 atom stereocenters. The van der Waals surface area contributed by atoms with Crippen LogP contribution in [0.25, 0.3) is 0 Å². The second-order valence-electron chi connectivity index (χ2n) is 3.90. The Kier molecular flexibility index (Phi) is 3.05. The third-order valence-corrected chi connectivity index (χ3v) is 2.62. The molecule has 0 bridgehead atoms. The molecule has 2 heterocycles. The fourth-order valence-corrected chi connectivity index (χ4v) is 1.67. The van der Waals surface area contributed by atoms with Gasteiger partial charge in [-0.15, -0.1) is 0 Å². The lowest BCUT2D eigenvalue weighted by Crippen LogP contribution is -2.48. The molecule has 5 heteroatoms. The first kappa shape index (κ1) is 10.9. The zero-order valence-electron chi connectivity index (χ0n) is 9.18. The van der Waals surface area contributed by atoms with Crippen LogP contribution in [0.15, 0.2) is 18.3 Å². The Bertz CT molecular complexity index is 375. The van der Waals surface area contributed by atoms with Crippen molar-refractivity contribution in [3.63, 3.8) is 0 Å². The molecule has 0 unspecified atom stereocenters. The van der Waals surface area contributed by atoms with Gasteiger partial charge in [0.05, 0.1) is 12.6 Å². The number of carbonyl (C=O) groups is 1. The summed E-state index contributed by atoms with van der Waals surface area (Å²) in [5.74, 6) is 0.798. The van der Waals surface area contributed by atoms with Gasteiger partial charge in [-0.2, -0.15) is 0 Å². The largest absolute Gasteiger partial charge is 0.389 e. The first-order chi connectivity index (χ1) is 7.66. The van der Waals surface area contributed by atoms with Gasteiger partial charge in [0.25, 0.3) is 0 Å². The number of nitrogens with zero attached hydrogens (tertiary/aromatic N) is 2. The van der Waals surface area contributed by atoms with E-state index >= 15 is 0 Å². The van der Waals surface area contributed by atoms with E-state index in [0.717, 1.165) is 17.9 Å². The molecular weight excluding hydrogens is 206 g/mol. The molecule has 16 heavy (non-hydrogen) atoms. The fraction of sp³-hybridized carbons (Fsp3) is 0.455. The summed E-state index contributed by atoms with van der Waals surface area (Å²) in [5, 5.41) is 12.1. The summed E-state index contributed by atoms with van der Waals surface area (Å²) in [4.78, 5) is 17.4. The maximum absolute atomic E-state index is 11.2. The second kappa shape index (κ2) is 4.49. The first-order valence-corrected chi connectivity index (χ1v) is 5.32. The highest BCUT2D eigenvalue weighted by molar-refractivity contribution is 5.82. The number of rotatable bonds is 2. The van der Waals surface area contributed by atoms with Gasteiger partial charge in [-0.25, -0.2) is 4.98 Å². The van der Waals surface area contributed by atoms with Gasteiger partial charge in [-0.05, 0) is 18.6 Å². The average Bonchev–Trinajstić information content (AvgIpc) is 2.29. The molecule has 1 amide bonds. The van der Waals surface area contributed by atoms with Crippen LogP contribution in [0.5, 0.6) is 0 Å². The van der Waals surface area contributed by atoms with E-state index in [1.807, 2.05) is 17.0 Å². The van der Waals surface area contributed by atoms with Crippen LogP contribution < -0.4 is 10.2 Å². The van der Waals surface area contributed by atoms with E-state index in [9.17, 15) is 9.90 Å². The van der Waals surface area contributed by atoms with Crippen molar-refractivity contribution in [1.29, 1.82) is 0 Å². The molecule has 0 radical (unpaired) electrons. The van der Waals surface area contributed by atoms with Crippen molar-refractivity contribution in [2.45, 2.75) is 13.0 Å². The highest BCUT2D eigenvalue weighted by Crippen LogP contribution is 2.16. The number of aromatic nitrogens is 1. The zero-order chi connectivity index (χ0) is 11.5. The lowest BCUT2D eigenvalue weighted by molar-refractivity contribution is -0.120. The molecule has 0 aromatic carbocycles. The number of nitrogens with one attached hydrogen (secondary N) is 1. The summed E-state index contributed by atoms with van der Waals surface area (Å²) < 4.78 is 0. The smallest absolute Gasteiger partial charge is 0.239 e. The lowest BCUT2D eigenvalue weighted by Gasteiger charge is -2.27. The van der Waals surface area contributed by atoms with E-state index in [1.165, 1.54) is 0 Å². The molecule has 0 spiro atoms. The minimum Gasteiger partial charge on any atom is -0.389 e. The normalized spacial score (nSPS) is 18.1. The summed E-state index contributed by atoms with van der Waals surface area (Å²) in [7, 11) is 0. The van der Waals surface area contributed by atoms with Crippen molar-refractivity contribution in [2.75, 3.05) is 24.5 Å². The van der Waals surface area contributed by atoms with Gasteiger partial charge in [0, 0.05) is 19.3 Å². The van der Waals surface area contributed by atoms with E-state index < -0.39 is 6.10 Å². The maximum atomic E-state index is 11.2. The van der Waals surface area contributed by atoms with Crippen LogP contribution >= 0.6 is 0 Å². The van der Waals surface area contributed by atoms with E-state index in [1.54, 1.807) is 13.1 Å². The molecule has 2 N–H and O–H groups in total. The number of hydrogen-bond acceptors (Lipinski definition) is 4. The average molecular weight is 221 g/mol. The van der Waals surface area contributed by atoms with Crippen molar-refractivity contribution >= 4 is 11.7 Å². The molecule has 1 saturated heterocycles. The molecule has 1 aliphatic heterocycles. The number of hydrogen-bond donors (Lipinski definition) is 2. The Hall–Kier alpha value is -1.62. The summed E-state index contributed by atoms with van der Waals surface area (Å²) >= 11 is 0. The van der Waals surface area contributed by atoms with Gasteiger partial charge in [0.2, 0.25) is 5.91 Å². The predicted octanol–water partition coefficient (Wildman–Crippen LogP) is 0.0711. The molecule has 1 fully saturated rings. The van der Waals surface area contributed by atoms with Crippen LogP contribution in [0.2, 0.25) is 0 Å². The van der Waals surface area contributed by atoms with Gasteiger partial charge in [-0.3, -0.25) is 4.79 Å². The van der Waals surface area contributed by atoms with E-state index in [0.29, 0.717) is 13.1 Å². The van der Waals surface area contributed by atoms with Crippen LogP contribution in [-0.4, -0.2) is 35.6 Å². The Balaban J connectivity index is 2.11. The van der Waals surface area contributed by atoms with Crippen molar-refractivity contribution in [1.82, 2.24) is 10.3 Å². The van der Waals surface area contributed by atoms with Crippen LogP contribution in [0, 0.1) is 0 Å². The number of aliphatic hydroxyl groups excluding tert-OH is 1. The molecule has 0 saturated carbocycles. The van der Waals surface area contributed by atoms with Crippen LogP contribution in [0.1, 0.15) is 18.6 Å². The lowest BCUT2D eigenvalue weighted by atomic mass is 10.2. The van der Waals surface area contributed by atoms with Gasteiger partial charge >= 0.3 is 0 Å².